The van der Waals surface area contributed by atoms with Gasteiger partial charge in [-0.05, 0) is 37.1 Å². The van der Waals surface area contributed by atoms with E-state index in [1.54, 1.807) is 11.0 Å². The van der Waals surface area contributed by atoms with E-state index in [2.05, 4.69) is 0 Å². The van der Waals surface area contributed by atoms with Crippen molar-refractivity contribution < 1.29 is 22.7 Å². The highest BCUT2D eigenvalue weighted by atomic mass is 35.5. The third-order valence-corrected chi connectivity index (χ3v) is 7.41. The Morgan fingerprint density at radius 1 is 1.10 bits per heavy atom. The van der Waals surface area contributed by atoms with E-state index < -0.39 is 10.2 Å². The molecule has 2 aliphatic rings. The van der Waals surface area contributed by atoms with Crippen molar-refractivity contribution in [1.29, 1.82) is 0 Å². The average Bonchev–Trinajstić information content (AvgIpc) is 2.73. The second-order valence-electron chi connectivity index (χ2n) is 7.16. The Morgan fingerprint density at radius 2 is 1.76 bits per heavy atom. The summed E-state index contributed by atoms with van der Waals surface area (Å²) >= 11 is 5.93. The first-order valence-corrected chi connectivity index (χ1v) is 11.6. The Morgan fingerprint density at radius 3 is 2.41 bits per heavy atom. The molecule has 0 radical (unpaired) electrons. The number of ether oxygens (including phenoxy) is 2. The highest BCUT2D eigenvalue weighted by Gasteiger charge is 2.34. The summed E-state index contributed by atoms with van der Waals surface area (Å²) in [6.07, 6.45) is 0.982. The summed E-state index contributed by atoms with van der Waals surface area (Å²) < 4.78 is 39.2. The number of benzene rings is 1. The van der Waals surface area contributed by atoms with Crippen molar-refractivity contribution in [3.63, 3.8) is 0 Å². The molecular formula is C19H28ClN3O5S. The zero-order valence-corrected chi connectivity index (χ0v) is 18.3. The maximum absolute atomic E-state index is 12.7. The van der Waals surface area contributed by atoms with Crippen LogP contribution in [0.4, 0.5) is 0 Å². The van der Waals surface area contributed by atoms with Crippen LogP contribution in [0.25, 0.3) is 0 Å². The second-order valence-corrected chi connectivity index (χ2v) is 9.53. The first-order valence-electron chi connectivity index (χ1n) is 9.87. The molecule has 2 saturated heterocycles. The lowest BCUT2D eigenvalue weighted by Gasteiger charge is -2.37. The summed E-state index contributed by atoms with van der Waals surface area (Å²) in [6.45, 7) is 5.47. The highest BCUT2D eigenvalue weighted by molar-refractivity contribution is 7.86. The van der Waals surface area contributed by atoms with E-state index in [1.807, 2.05) is 19.1 Å². The highest BCUT2D eigenvalue weighted by Crippen LogP contribution is 2.22. The molecule has 0 aliphatic carbocycles. The van der Waals surface area contributed by atoms with Gasteiger partial charge in [-0.15, -0.1) is 0 Å². The predicted molar refractivity (Wildman–Crippen MR) is 110 cm³/mol. The SMILES string of the molecule is Cc1cc(Cl)ccc1OCCCC(=O)N1CCN(S(=O)(=O)N2CCOCC2)CC1. The second kappa shape index (κ2) is 10.1. The number of hydrogen-bond acceptors (Lipinski definition) is 5. The molecule has 0 aromatic heterocycles. The molecule has 0 bridgehead atoms. The number of halogens is 1. The van der Waals surface area contributed by atoms with E-state index in [0.29, 0.717) is 77.0 Å². The van der Waals surface area contributed by atoms with Gasteiger partial charge < -0.3 is 14.4 Å². The van der Waals surface area contributed by atoms with Crippen LogP contribution in [0.5, 0.6) is 5.75 Å². The van der Waals surface area contributed by atoms with E-state index in [4.69, 9.17) is 21.1 Å². The average molecular weight is 446 g/mol. The monoisotopic (exact) mass is 445 g/mol. The molecule has 2 aliphatic heterocycles. The van der Waals surface area contributed by atoms with Crippen LogP contribution in [0, 0.1) is 6.92 Å². The minimum atomic E-state index is -3.47. The zero-order chi connectivity index (χ0) is 20.9. The standard InChI is InChI=1S/C19H28ClN3O5S/c1-16-15-17(20)4-5-18(16)28-12-2-3-19(24)21-6-8-22(9-7-21)29(25,26)23-10-13-27-14-11-23/h4-5,15H,2-3,6-14H2,1H3. The molecular weight excluding hydrogens is 418 g/mol. The molecule has 10 heteroatoms. The van der Waals surface area contributed by atoms with Crippen molar-refractivity contribution in [3.8, 4) is 5.75 Å². The van der Waals surface area contributed by atoms with Crippen molar-refractivity contribution in [1.82, 2.24) is 13.5 Å². The van der Waals surface area contributed by atoms with Gasteiger partial charge >= 0.3 is 0 Å². The molecule has 8 nitrogen and oxygen atoms in total. The van der Waals surface area contributed by atoms with E-state index in [0.717, 1.165) is 11.3 Å². The van der Waals surface area contributed by atoms with Crippen LogP contribution in [0.3, 0.4) is 0 Å². The van der Waals surface area contributed by atoms with Gasteiger partial charge in [0.05, 0.1) is 19.8 Å². The Labute approximate surface area is 177 Å². The molecule has 2 heterocycles. The molecule has 0 N–H and O–H groups in total. The predicted octanol–water partition coefficient (Wildman–Crippen LogP) is 1.53. The maximum atomic E-state index is 12.7. The molecule has 0 unspecified atom stereocenters. The number of carbonyl (C=O) groups is 1. The summed E-state index contributed by atoms with van der Waals surface area (Å²) in [6, 6.07) is 5.44. The minimum Gasteiger partial charge on any atom is -0.493 e. The van der Waals surface area contributed by atoms with Gasteiger partial charge in [-0.1, -0.05) is 11.6 Å². The fraction of sp³-hybridized carbons (Fsp3) is 0.632. The van der Waals surface area contributed by atoms with Gasteiger partial charge in [-0.25, -0.2) is 0 Å². The third-order valence-electron chi connectivity index (χ3n) is 5.14. The largest absolute Gasteiger partial charge is 0.493 e. The van der Waals surface area contributed by atoms with Crippen LogP contribution < -0.4 is 4.74 Å². The molecule has 2 fully saturated rings. The number of hydrogen-bond donors (Lipinski definition) is 0. The first kappa shape index (κ1) is 22.3. The number of morpholine rings is 1. The number of piperazine rings is 1. The maximum Gasteiger partial charge on any atom is 0.282 e. The van der Waals surface area contributed by atoms with E-state index in [1.165, 1.54) is 8.61 Å². The van der Waals surface area contributed by atoms with Crippen LogP contribution >= 0.6 is 11.6 Å². The van der Waals surface area contributed by atoms with Crippen molar-refractivity contribution in [2.75, 3.05) is 59.1 Å². The fourth-order valence-electron chi connectivity index (χ4n) is 3.45. The lowest BCUT2D eigenvalue weighted by Crippen LogP contribution is -2.55. The molecule has 3 rings (SSSR count). The van der Waals surface area contributed by atoms with E-state index in [9.17, 15) is 13.2 Å². The molecule has 0 atom stereocenters. The number of rotatable bonds is 7. The van der Waals surface area contributed by atoms with Gasteiger partial charge in [0.25, 0.3) is 10.2 Å². The van der Waals surface area contributed by atoms with Crippen LogP contribution in [-0.2, 0) is 19.7 Å². The van der Waals surface area contributed by atoms with Crippen LogP contribution in [0.15, 0.2) is 18.2 Å². The summed E-state index contributed by atoms with van der Waals surface area (Å²) in [5, 5.41) is 0.666. The van der Waals surface area contributed by atoms with E-state index in [-0.39, 0.29) is 5.91 Å². The van der Waals surface area contributed by atoms with Crippen LogP contribution in [0.1, 0.15) is 18.4 Å². The van der Waals surface area contributed by atoms with Crippen LogP contribution in [0.2, 0.25) is 5.02 Å². The van der Waals surface area contributed by atoms with Crippen molar-refractivity contribution in [2.45, 2.75) is 19.8 Å². The van der Waals surface area contributed by atoms with Crippen molar-refractivity contribution >= 4 is 27.7 Å². The molecule has 1 aromatic rings. The number of aryl methyl sites for hydroxylation is 1. The molecule has 1 aromatic carbocycles. The van der Waals surface area contributed by atoms with Crippen LogP contribution in [-0.4, -0.2) is 86.9 Å². The first-order chi connectivity index (χ1) is 13.9. The molecule has 0 spiro atoms. The summed E-state index contributed by atoms with van der Waals surface area (Å²) in [5.41, 5.74) is 0.960. The quantitative estimate of drug-likeness (QED) is 0.595. The Hall–Kier alpha value is -1.39. The summed E-state index contributed by atoms with van der Waals surface area (Å²) in [5.74, 6) is 0.800. The fourth-order valence-corrected chi connectivity index (χ4v) is 5.24. The van der Waals surface area contributed by atoms with Gasteiger partial charge in [-0.2, -0.15) is 17.0 Å². The lowest BCUT2D eigenvalue weighted by atomic mass is 10.2. The molecule has 29 heavy (non-hydrogen) atoms. The number of nitrogens with zero attached hydrogens (tertiary/aromatic N) is 3. The van der Waals surface area contributed by atoms with Gasteiger partial charge in [0.1, 0.15) is 5.75 Å². The normalized spacial score (nSPS) is 19.3. The number of carbonyl (C=O) groups excluding carboxylic acids is 1. The Bertz CT molecular complexity index is 806. The molecule has 0 saturated carbocycles. The Kier molecular flexibility index (Phi) is 7.75. The topological polar surface area (TPSA) is 79.4 Å². The summed E-state index contributed by atoms with van der Waals surface area (Å²) in [7, 11) is -3.47. The van der Waals surface area contributed by atoms with E-state index >= 15 is 0 Å². The third kappa shape index (κ3) is 5.82. The van der Waals surface area contributed by atoms with Gasteiger partial charge in [0.15, 0.2) is 0 Å². The van der Waals surface area contributed by atoms with Gasteiger partial charge in [-0.3, -0.25) is 4.79 Å². The molecule has 1 amide bonds. The van der Waals surface area contributed by atoms with Crippen molar-refractivity contribution in [2.24, 2.45) is 0 Å². The van der Waals surface area contributed by atoms with Crippen molar-refractivity contribution in [3.05, 3.63) is 28.8 Å². The summed E-state index contributed by atoms with van der Waals surface area (Å²) in [4.78, 5) is 14.2. The van der Waals surface area contributed by atoms with Gasteiger partial charge in [0.2, 0.25) is 5.91 Å². The smallest absolute Gasteiger partial charge is 0.282 e. The number of amides is 1. The Balaban J connectivity index is 1.39. The van der Waals surface area contributed by atoms with Gasteiger partial charge in [0, 0.05) is 50.7 Å². The zero-order valence-electron chi connectivity index (χ0n) is 16.7. The molecule has 162 valence electrons. The lowest BCUT2D eigenvalue weighted by molar-refractivity contribution is -0.132. The minimum absolute atomic E-state index is 0.0323.